The van der Waals surface area contributed by atoms with E-state index in [4.69, 9.17) is 10.9 Å². The van der Waals surface area contributed by atoms with E-state index in [2.05, 4.69) is 23.5 Å². The summed E-state index contributed by atoms with van der Waals surface area (Å²) in [7, 11) is 0. The van der Waals surface area contributed by atoms with E-state index in [1.165, 1.54) is 0 Å². The van der Waals surface area contributed by atoms with E-state index >= 15 is 0 Å². The Bertz CT molecular complexity index is 190. The van der Waals surface area contributed by atoms with Gasteiger partial charge in [0.1, 0.15) is 5.84 Å². The molecule has 0 spiro atoms. The smallest absolute Gasteiger partial charge is 0.140 e. The fraction of sp³-hybridized carbons (Fsp3) is 0.700. The molecule has 0 aliphatic carbocycles. The van der Waals surface area contributed by atoms with Gasteiger partial charge in [0.15, 0.2) is 0 Å². The van der Waals surface area contributed by atoms with Crippen molar-refractivity contribution in [1.29, 1.82) is 0 Å². The van der Waals surface area contributed by atoms with Gasteiger partial charge in [-0.2, -0.15) is 0 Å². The largest absolute Gasteiger partial charge is 0.409 e. The van der Waals surface area contributed by atoms with E-state index in [-0.39, 0.29) is 5.84 Å². The highest BCUT2D eigenvalue weighted by Crippen LogP contribution is 1.97. The lowest BCUT2D eigenvalue weighted by Gasteiger charge is -2.15. The van der Waals surface area contributed by atoms with Gasteiger partial charge in [-0.25, -0.2) is 0 Å². The van der Waals surface area contributed by atoms with Crippen molar-refractivity contribution in [3.05, 3.63) is 12.2 Å². The molecule has 0 aliphatic rings. The number of oxime groups is 1. The predicted molar refractivity (Wildman–Crippen MR) is 59.5 cm³/mol. The van der Waals surface area contributed by atoms with E-state index in [1.54, 1.807) is 0 Å². The van der Waals surface area contributed by atoms with Crippen molar-refractivity contribution < 1.29 is 5.21 Å². The van der Waals surface area contributed by atoms with Crippen LogP contribution in [0.15, 0.2) is 17.3 Å². The van der Waals surface area contributed by atoms with E-state index in [0.717, 1.165) is 19.4 Å². The first-order valence-electron chi connectivity index (χ1n) is 5.05. The van der Waals surface area contributed by atoms with Crippen LogP contribution in [0.4, 0.5) is 0 Å². The van der Waals surface area contributed by atoms with Gasteiger partial charge < -0.3 is 16.3 Å². The maximum absolute atomic E-state index is 8.41. The number of allylic oxidation sites excluding steroid dienone is 1. The average Bonchev–Trinajstić information content (AvgIpc) is 2.22. The molecule has 0 radical (unpaired) electrons. The summed E-state index contributed by atoms with van der Waals surface area (Å²) in [5.74, 6) is 0.287. The number of nitrogens with zero attached hydrogens (tertiary/aromatic N) is 1. The Hall–Kier alpha value is -1.03. The molecule has 4 heteroatoms. The van der Waals surface area contributed by atoms with Gasteiger partial charge in [0.05, 0.1) is 0 Å². The maximum atomic E-state index is 8.41. The van der Waals surface area contributed by atoms with Crippen LogP contribution in [0.3, 0.4) is 0 Å². The number of rotatable bonds is 7. The molecular formula is C10H21N3O. The number of nitrogens with one attached hydrogen (secondary N) is 1. The van der Waals surface area contributed by atoms with Gasteiger partial charge >= 0.3 is 0 Å². The summed E-state index contributed by atoms with van der Waals surface area (Å²) in [5.41, 5.74) is 5.43. The van der Waals surface area contributed by atoms with E-state index < -0.39 is 0 Å². The highest BCUT2D eigenvalue weighted by Gasteiger charge is 2.06. The van der Waals surface area contributed by atoms with Crippen LogP contribution < -0.4 is 11.1 Å². The molecule has 0 saturated carbocycles. The molecule has 4 nitrogen and oxygen atoms in total. The van der Waals surface area contributed by atoms with Crippen molar-refractivity contribution in [2.45, 2.75) is 39.2 Å². The monoisotopic (exact) mass is 199 g/mol. The number of hydrogen-bond donors (Lipinski definition) is 3. The third-order valence-corrected chi connectivity index (χ3v) is 2.06. The van der Waals surface area contributed by atoms with E-state index in [0.29, 0.717) is 12.5 Å². The van der Waals surface area contributed by atoms with Crippen LogP contribution in [-0.2, 0) is 0 Å². The van der Waals surface area contributed by atoms with Crippen LogP contribution in [0, 0.1) is 0 Å². The zero-order valence-electron chi connectivity index (χ0n) is 9.03. The fourth-order valence-electron chi connectivity index (χ4n) is 1.19. The van der Waals surface area contributed by atoms with Gasteiger partial charge in [0, 0.05) is 12.5 Å². The zero-order valence-corrected chi connectivity index (χ0v) is 9.03. The lowest BCUT2D eigenvalue weighted by Crippen LogP contribution is -2.33. The van der Waals surface area contributed by atoms with Gasteiger partial charge in [-0.05, 0) is 26.3 Å². The fourth-order valence-corrected chi connectivity index (χ4v) is 1.19. The standard InChI is InChI=1S/C10H21N3O/c1-3-5-6-7-12-9(4-2)8-10(11)13-14/h3,5,9,12,14H,4,6-8H2,1-2H3,(H2,11,13)/b5-3+. The molecule has 1 unspecified atom stereocenters. The van der Waals surface area contributed by atoms with Crippen molar-refractivity contribution in [1.82, 2.24) is 5.32 Å². The molecule has 1 atom stereocenters. The summed E-state index contributed by atoms with van der Waals surface area (Å²) in [4.78, 5) is 0. The topological polar surface area (TPSA) is 70.6 Å². The summed E-state index contributed by atoms with van der Waals surface area (Å²) in [6, 6.07) is 0.302. The van der Waals surface area contributed by atoms with Crippen molar-refractivity contribution in [2.24, 2.45) is 10.9 Å². The van der Waals surface area contributed by atoms with Gasteiger partial charge in [-0.3, -0.25) is 0 Å². The minimum absolute atomic E-state index is 0.287. The van der Waals surface area contributed by atoms with Crippen molar-refractivity contribution in [3.8, 4) is 0 Å². The van der Waals surface area contributed by atoms with Gasteiger partial charge in [-0.15, -0.1) is 0 Å². The van der Waals surface area contributed by atoms with Crippen LogP contribution in [0.2, 0.25) is 0 Å². The molecule has 0 rings (SSSR count). The summed E-state index contributed by atoms with van der Waals surface area (Å²) in [6.07, 6.45) is 6.74. The molecule has 0 fully saturated rings. The zero-order chi connectivity index (χ0) is 10.8. The lowest BCUT2D eigenvalue weighted by molar-refractivity contribution is 0.315. The first-order valence-corrected chi connectivity index (χ1v) is 5.05. The Kier molecular flexibility index (Phi) is 7.93. The highest BCUT2D eigenvalue weighted by atomic mass is 16.4. The molecule has 0 aromatic rings. The molecule has 82 valence electrons. The summed E-state index contributed by atoms with van der Waals surface area (Å²) in [6.45, 7) is 5.02. The quantitative estimate of drug-likeness (QED) is 0.145. The second-order valence-corrected chi connectivity index (χ2v) is 3.21. The first-order chi connectivity index (χ1) is 6.74. The molecule has 0 aliphatic heterocycles. The van der Waals surface area contributed by atoms with Gasteiger partial charge in [0.25, 0.3) is 0 Å². The van der Waals surface area contributed by atoms with E-state index in [1.807, 2.05) is 13.0 Å². The summed E-state index contributed by atoms with van der Waals surface area (Å²) < 4.78 is 0. The SMILES string of the molecule is C/C=C/CCNC(CC)C/C(N)=N/O. The van der Waals surface area contributed by atoms with E-state index in [9.17, 15) is 0 Å². The van der Waals surface area contributed by atoms with Crippen LogP contribution in [0.5, 0.6) is 0 Å². The average molecular weight is 199 g/mol. The van der Waals surface area contributed by atoms with Crippen molar-refractivity contribution >= 4 is 5.84 Å². The summed E-state index contributed by atoms with van der Waals surface area (Å²) >= 11 is 0. The Morgan fingerprint density at radius 3 is 2.86 bits per heavy atom. The minimum atomic E-state index is 0.287. The lowest BCUT2D eigenvalue weighted by atomic mass is 10.1. The molecule has 0 amide bonds. The molecule has 4 N–H and O–H groups in total. The predicted octanol–water partition coefficient (Wildman–Crippen LogP) is 1.46. The molecule has 0 bridgehead atoms. The molecule has 0 saturated heterocycles. The molecule has 14 heavy (non-hydrogen) atoms. The van der Waals surface area contributed by atoms with Gasteiger partial charge in [-0.1, -0.05) is 24.2 Å². The molecule has 0 aromatic heterocycles. The first kappa shape index (κ1) is 13.0. The van der Waals surface area contributed by atoms with Crippen LogP contribution in [0.25, 0.3) is 0 Å². The normalized spacial score (nSPS) is 14.9. The van der Waals surface area contributed by atoms with Gasteiger partial charge in [0.2, 0.25) is 0 Å². The molecular weight excluding hydrogens is 178 g/mol. The summed E-state index contributed by atoms with van der Waals surface area (Å²) in [5, 5.41) is 14.7. The second-order valence-electron chi connectivity index (χ2n) is 3.21. The molecule has 0 aromatic carbocycles. The third kappa shape index (κ3) is 6.48. The number of nitrogens with two attached hydrogens (primary N) is 1. The Balaban J connectivity index is 3.68. The Morgan fingerprint density at radius 2 is 2.36 bits per heavy atom. The highest BCUT2D eigenvalue weighted by molar-refractivity contribution is 5.80. The Labute approximate surface area is 85.9 Å². The van der Waals surface area contributed by atoms with Crippen molar-refractivity contribution in [3.63, 3.8) is 0 Å². The van der Waals surface area contributed by atoms with Crippen LogP contribution in [0.1, 0.15) is 33.1 Å². The maximum Gasteiger partial charge on any atom is 0.140 e. The van der Waals surface area contributed by atoms with Crippen LogP contribution in [-0.4, -0.2) is 23.6 Å². The van der Waals surface area contributed by atoms with Crippen LogP contribution >= 0.6 is 0 Å². The third-order valence-electron chi connectivity index (χ3n) is 2.06. The minimum Gasteiger partial charge on any atom is -0.409 e. The number of hydrogen-bond acceptors (Lipinski definition) is 3. The van der Waals surface area contributed by atoms with Crippen molar-refractivity contribution in [2.75, 3.05) is 6.54 Å². The molecule has 0 heterocycles. The second kappa shape index (κ2) is 8.56. The number of amidine groups is 1. The Morgan fingerprint density at radius 1 is 1.64 bits per heavy atom.